The van der Waals surface area contributed by atoms with Crippen molar-refractivity contribution in [1.82, 2.24) is 15.3 Å². The second-order valence-corrected chi connectivity index (χ2v) is 8.32. The molecule has 0 bridgehead atoms. The molecule has 166 valence electrons. The maximum absolute atomic E-state index is 12.6. The number of hydrogen-bond acceptors (Lipinski definition) is 5. The van der Waals surface area contributed by atoms with Crippen LogP contribution >= 0.6 is 0 Å². The fourth-order valence-electron chi connectivity index (χ4n) is 3.81. The van der Waals surface area contributed by atoms with Crippen LogP contribution in [0.1, 0.15) is 63.0 Å². The third kappa shape index (κ3) is 5.07. The Hall–Kier alpha value is -2.86. The number of aromatic amines is 1. The van der Waals surface area contributed by atoms with Gasteiger partial charge in [0.1, 0.15) is 5.82 Å². The van der Waals surface area contributed by atoms with Gasteiger partial charge in [-0.05, 0) is 35.4 Å². The molecule has 6 nitrogen and oxygen atoms in total. The van der Waals surface area contributed by atoms with Gasteiger partial charge in [-0.1, -0.05) is 52.0 Å². The van der Waals surface area contributed by atoms with Crippen LogP contribution in [0.2, 0.25) is 0 Å². The molecule has 0 fully saturated rings. The van der Waals surface area contributed by atoms with Crippen molar-refractivity contribution in [3.63, 3.8) is 0 Å². The standard InChI is InChI=1S/C25H33N3O3/c1-7-16(4)17-8-10-18(11-9-17)24(15(2)3)26-14-23-27-20-13-22(31-6)21(30-5)12-19(20)25(29)28-23/h8-13,15-16,24,26H,7,14H2,1-6H3,(H,27,28,29)/t16-,24-/m1/s1. The van der Waals surface area contributed by atoms with Crippen molar-refractivity contribution in [3.8, 4) is 11.5 Å². The van der Waals surface area contributed by atoms with E-state index >= 15 is 0 Å². The average Bonchev–Trinajstić information content (AvgIpc) is 2.78. The average molecular weight is 424 g/mol. The fraction of sp³-hybridized carbons (Fsp3) is 0.440. The van der Waals surface area contributed by atoms with Gasteiger partial charge >= 0.3 is 0 Å². The van der Waals surface area contributed by atoms with E-state index in [1.807, 2.05) is 0 Å². The molecule has 3 rings (SSSR count). The molecule has 0 aliphatic carbocycles. The molecule has 0 saturated heterocycles. The smallest absolute Gasteiger partial charge is 0.258 e. The van der Waals surface area contributed by atoms with Crippen molar-refractivity contribution >= 4 is 10.9 Å². The molecular weight excluding hydrogens is 390 g/mol. The highest BCUT2D eigenvalue weighted by atomic mass is 16.5. The predicted octanol–water partition coefficient (Wildman–Crippen LogP) is 4.94. The first kappa shape index (κ1) is 22.8. The highest BCUT2D eigenvalue weighted by Crippen LogP contribution is 2.30. The SMILES string of the molecule is CC[C@@H](C)c1ccc([C@H](NCc2nc3cc(OC)c(OC)cc3c(=O)[nH]2)C(C)C)cc1. The van der Waals surface area contributed by atoms with Crippen LogP contribution in [0, 0.1) is 5.92 Å². The monoisotopic (exact) mass is 423 g/mol. The van der Waals surface area contributed by atoms with Gasteiger partial charge in [0.15, 0.2) is 11.5 Å². The summed E-state index contributed by atoms with van der Waals surface area (Å²) < 4.78 is 10.6. The number of methoxy groups -OCH3 is 2. The third-order valence-corrected chi connectivity index (χ3v) is 5.89. The van der Waals surface area contributed by atoms with Gasteiger partial charge in [-0.2, -0.15) is 0 Å². The first-order chi connectivity index (χ1) is 14.9. The third-order valence-electron chi connectivity index (χ3n) is 5.89. The normalized spacial score (nSPS) is 13.4. The summed E-state index contributed by atoms with van der Waals surface area (Å²) in [5.41, 5.74) is 2.98. The van der Waals surface area contributed by atoms with Gasteiger partial charge < -0.3 is 19.8 Å². The van der Waals surface area contributed by atoms with E-state index < -0.39 is 0 Å². The van der Waals surface area contributed by atoms with Gasteiger partial charge in [-0.15, -0.1) is 0 Å². The van der Waals surface area contributed by atoms with Gasteiger partial charge in [0.2, 0.25) is 0 Å². The molecule has 0 spiro atoms. The summed E-state index contributed by atoms with van der Waals surface area (Å²) >= 11 is 0. The predicted molar refractivity (Wildman–Crippen MR) is 125 cm³/mol. The van der Waals surface area contributed by atoms with E-state index in [1.165, 1.54) is 11.1 Å². The minimum atomic E-state index is -0.193. The van der Waals surface area contributed by atoms with Crippen molar-refractivity contribution in [3.05, 3.63) is 63.7 Å². The van der Waals surface area contributed by atoms with Crippen molar-refractivity contribution in [2.24, 2.45) is 5.92 Å². The molecule has 0 aliphatic heterocycles. The molecule has 0 unspecified atom stereocenters. The summed E-state index contributed by atoms with van der Waals surface area (Å²) in [4.78, 5) is 20.2. The zero-order chi connectivity index (χ0) is 22.5. The van der Waals surface area contributed by atoms with Crippen molar-refractivity contribution < 1.29 is 9.47 Å². The number of H-pyrrole nitrogens is 1. The van der Waals surface area contributed by atoms with Gasteiger partial charge in [0.05, 0.1) is 31.7 Å². The minimum absolute atomic E-state index is 0.150. The lowest BCUT2D eigenvalue weighted by Crippen LogP contribution is -2.27. The summed E-state index contributed by atoms with van der Waals surface area (Å²) in [6.45, 7) is 9.29. The molecule has 1 aromatic heterocycles. The Balaban J connectivity index is 1.84. The van der Waals surface area contributed by atoms with Gasteiger partial charge in [0, 0.05) is 12.1 Å². The van der Waals surface area contributed by atoms with Gasteiger partial charge in [-0.3, -0.25) is 4.79 Å². The van der Waals surface area contributed by atoms with E-state index in [0.29, 0.717) is 46.6 Å². The molecule has 2 N–H and O–H groups in total. The molecule has 0 saturated carbocycles. The zero-order valence-corrected chi connectivity index (χ0v) is 19.3. The molecule has 6 heteroatoms. The van der Waals surface area contributed by atoms with Crippen LogP contribution in [0.5, 0.6) is 11.5 Å². The van der Waals surface area contributed by atoms with Crippen LogP contribution in [-0.2, 0) is 6.54 Å². The number of hydrogen-bond donors (Lipinski definition) is 2. The molecule has 0 radical (unpaired) electrons. The maximum Gasteiger partial charge on any atom is 0.258 e. The van der Waals surface area contributed by atoms with Crippen molar-refractivity contribution in [1.29, 1.82) is 0 Å². The highest BCUT2D eigenvalue weighted by molar-refractivity contribution is 5.81. The minimum Gasteiger partial charge on any atom is -0.493 e. The maximum atomic E-state index is 12.6. The molecule has 1 heterocycles. The Labute approximate surface area is 184 Å². The largest absolute Gasteiger partial charge is 0.493 e. The van der Waals surface area contributed by atoms with Crippen LogP contribution in [0.25, 0.3) is 10.9 Å². The molecule has 2 atom stereocenters. The Bertz CT molecular complexity index is 1070. The second-order valence-electron chi connectivity index (χ2n) is 8.32. The van der Waals surface area contributed by atoms with Crippen molar-refractivity contribution in [2.75, 3.05) is 14.2 Å². The van der Waals surface area contributed by atoms with E-state index in [0.717, 1.165) is 6.42 Å². The first-order valence-corrected chi connectivity index (χ1v) is 10.9. The van der Waals surface area contributed by atoms with E-state index in [9.17, 15) is 4.79 Å². The molecule has 31 heavy (non-hydrogen) atoms. The summed E-state index contributed by atoms with van der Waals surface area (Å²) in [5.74, 6) is 2.59. The topological polar surface area (TPSA) is 76.2 Å². The number of nitrogens with zero attached hydrogens (tertiary/aromatic N) is 1. The van der Waals surface area contributed by atoms with Gasteiger partial charge in [0.25, 0.3) is 5.56 Å². The Morgan fingerprint density at radius 2 is 1.61 bits per heavy atom. The molecule has 2 aromatic carbocycles. The number of benzene rings is 2. The Morgan fingerprint density at radius 3 is 2.19 bits per heavy atom. The summed E-state index contributed by atoms with van der Waals surface area (Å²) in [5, 5.41) is 4.04. The van der Waals surface area contributed by atoms with E-state index in [4.69, 9.17) is 9.47 Å². The van der Waals surface area contributed by atoms with Crippen LogP contribution in [-0.4, -0.2) is 24.2 Å². The summed E-state index contributed by atoms with van der Waals surface area (Å²) in [6.07, 6.45) is 1.13. The second kappa shape index (κ2) is 9.96. The number of rotatable bonds is 9. The van der Waals surface area contributed by atoms with E-state index in [1.54, 1.807) is 26.4 Å². The number of aromatic nitrogens is 2. The molecule has 0 amide bonds. The fourth-order valence-corrected chi connectivity index (χ4v) is 3.81. The van der Waals surface area contributed by atoms with Crippen molar-refractivity contribution in [2.45, 2.75) is 52.6 Å². The first-order valence-electron chi connectivity index (χ1n) is 10.9. The highest BCUT2D eigenvalue weighted by Gasteiger charge is 2.17. The Kier molecular flexibility index (Phi) is 7.33. The number of fused-ring (bicyclic) bond motifs is 1. The molecule has 0 aliphatic rings. The van der Waals surface area contributed by atoms with Crippen LogP contribution in [0.15, 0.2) is 41.2 Å². The lowest BCUT2D eigenvalue weighted by atomic mass is 9.92. The summed E-state index contributed by atoms with van der Waals surface area (Å²) in [6, 6.07) is 12.4. The number of ether oxygens (including phenoxy) is 2. The van der Waals surface area contributed by atoms with Crippen LogP contribution in [0.3, 0.4) is 0 Å². The molecule has 3 aromatic rings. The Morgan fingerprint density at radius 1 is 1.00 bits per heavy atom. The van der Waals surface area contributed by atoms with Gasteiger partial charge in [-0.25, -0.2) is 4.98 Å². The van der Waals surface area contributed by atoms with E-state index in [-0.39, 0.29) is 11.6 Å². The van der Waals surface area contributed by atoms with Crippen LogP contribution < -0.4 is 20.3 Å². The lowest BCUT2D eigenvalue weighted by Gasteiger charge is -2.23. The summed E-state index contributed by atoms with van der Waals surface area (Å²) in [7, 11) is 3.12. The zero-order valence-electron chi connectivity index (χ0n) is 19.3. The molecular formula is C25H33N3O3. The quantitative estimate of drug-likeness (QED) is 0.510. The lowest BCUT2D eigenvalue weighted by molar-refractivity contribution is 0.355. The van der Waals surface area contributed by atoms with Crippen LogP contribution in [0.4, 0.5) is 0 Å². The number of nitrogens with one attached hydrogen (secondary N) is 2. The van der Waals surface area contributed by atoms with E-state index in [2.05, 4.69) is 67.2 Å².